The van der Waals surface area contributed by atoms with Gasteiger partial charge in [0.15, 0.2) is 11.5 Å². The molecule has 2 aromatic heterocycles. The van der Waals surface area contributed by atoms with Crippen LogP contribution in [-0.4, -0.2) is 43.5 Å². The van der Waals surface area contributed by atoms with Gasteiger partial charge < -0.3 is 10.4 Å². The fraction of sp³-hybridized carbons (Fsp3) is 0.438. The largest absolute Gasteiger partial charge is 0.481 e. The van der Waals surface area contributed by atoms with E-state index < -0.39 is 29.5 Å². The van der Waals surface area contributed by atoms with Crippen LogP contribution in [0.25, 0.3) is 5.82 Å². The van der Waals surface area contributed by atoms with Crippen LogP contribution in [0.5, 0.6) is 0 Å². The number of rotatable bonds is 7. The number of hydrogen-bond donors (Lipinski definition) is 2. The molecule has 0 spiro atoms. The van der Waals surface area contributed by atoms with Gasteiger partial charge in [-0.2, -0.15) is 13.2 Å². The molecule has 1 amide bonds. The Bertz CT molecular complexity index is 802. The maximum Gasteiger partial charge on any atom is 0.417 e. The molecule has 0 saturated carbocycles. The summed E-state index contributed by atoms with van der Waals surface area (Å²) in [5, 5.41) is 18.9. The maximum atomic E-state index is 12.5. The molecule has 0 aliphatic rings. The third-order valence-corrected chi connectivity index (χ3v) is 3.65. The molecule has 2 N–H and O–H groups in total. The number of halogens is 3. The van der Waals surface area contributed by atoms with Gasteiger partial charge in [-0.15, -0.1) is 5.10 Å². The summed E-state index contributed by atoms with van der Waals surface area (Å²) in [4.78, 5) is 26.9. The number of aromatic nitrogens is 4. The van der Waals surface area contributed by atoms with Gasteiger partial charge in [-0.1, -0.05) is 19.1 Å². The number of nitrogens with zero attached hydrogens (tertiary/aromatic N) is 4. The summed E-state index contributed by atoms with van der Waals surface area (Å²) in [6.45, 7) is 3.68. The lowest BCUT2D eigenvalue weighted by molar-refractivity contribution is -0.142. The molecule has 0 fully saturated rings. The lowest BCUT2D eigenvalue weighted by Gasteiger charge is -2.14. The van der Waals surface area contributed by atoms with Crippen LogP contribution >= 0.6 is 0 Å². The summed E-state index contributed by atoms with van der Waals surface area (Å²) in [6, 6.07) is 1.94. The van der Waals surface area contributed by atoms with Crippen molar-refractivity contribution in [1.29, 1.82) is 0 Å². The quantitative estimate of drug-likeness (QED) is 0.756. The Balaban J connectivity index is 2.04. The summed E-state index contributed by atoms with van der Waals surface area (Å²) < 4.78 is 38.7. The SMILES string of the molecule is CC(C)CC(CNC(=O)c1cn(-c2ccc(C(F)(F)F)cn2)nn1)C(=O)O. The fourth-order valence-corrected chi connectivity index (χ4v) is 2.32. The van der Waals surface area contributed by atoms with E-state index in [0.717, 1.165) is 16.8 Å². The summed E-state index contributed by atoms with van der Waals surface area (Å²) in [5.74, 6) is -2.18. The van der Waals surface area contributed by atoms with Gasteiger partial charge in [-0.3, -0.25) is 9.59 Å². The minimum atomic E-state index is -4.50. The average molecular weight is 385 g/mol. The number of carbonyl (C=O) groups excluding carboxylic acids is 1. The average Bonchev–Trinajstić information content (AvgIpc) is 3.07. The Hall–Kier alpha value is -2.98. The first-order valence-electron chi connectivity index (χ1n) is 8.05. The van der Waals surface area contributed by atoms with Crippen molar-refractivity contribution in [2.45, 2.75) is 26.4 Å². The fourth-order valence-electron chi connectivity index (χ4n) is 2.32. The molecule has 2 heterocycles. The minimum absolute atomic E-state index is 0.0535. The third-order valence-electron chi connectivity index (χ3n) is 3.65. The smallest absolute Gasteiger partial charge is 0.417 e. The van der Waals surface area contributed by atoms with Crippen molar-refractivity contribution in [1.82, 2.24) is 25.3 Å². The van der Waals surface area contributed by atoms with Crippen molar-refractivity contribution in [2.75, 3.05) is 6.54 Å². The van der Waals surface area contributed by atoms with Crippen molar-refractivity contribution < 1.29 is 27.9 Å². The van der Waals surface area contributed by atoms with E-state index in [1.165, 1.54) is 6.20 Å². The molecule has 2 aromatic rings. The first-order chi connectivity index (χ1) is 12.6. The van der Waals surface area contributed by atoms with Crippen LogP contribution < -0.4 is 5.32 Å². The molecule has 1 unspecified atom stereocenters. The van der Waals surface area contributed by atoms with Gasteiger partial charge in [0.1, 0.15) is 0 Å². The predicted octanol–water partition coefficient (Wildman–Crippen LogP) is 2.16. The number of hydrogen-bond acceptors (Lipinski definition) is 5. The monoisotopic (exact) mass is 385 g/mol. The van der Waals surface area contributed by atoms with E-state index in [1.54, 1.807) is 0 Å². The zero-order valence-corrected chi connectivity index (χ0v) is 14.6. The molecule has 0 aliphatic carbocycles. The number of carboxylic acid groups (broad SMARTS) is 1. The topological polar surface area (TPSA) is 110 Å². The Morgan fingerprint density at radius 2 is 2.00 bits per heavy atom. The maximum absolute atomic E-state index is 12.5. The number of nitrogens with one attached hydrogen (secondary N) is 1. The van der Waals surface area contributed by atoms with E-state index in [9.17, 15) is 22.8 Å². The number of carboxylic acids is 1. The van der Waals surface area contributed by atoms with Gasteiger partial charge in [0.05, 0.1) is 17.7 Å². The number of pyridine rings is 1. The third kappa shape index (κ3) is 5.50. The second-order valence-corrected chi connectivity index (χ2v) is 6.33. The summed E-state index contributed by atoms with van der Waals surface area (Å²) in [5.41, 5.74) is -1.01. The second kappa shape index (κ2) is 8.14. The van der Waals surface area contributed by atoms with Crippen molar-refractivity contribution in [3.8, 4) is 5.82 Å². The van der Waals surface area contributed by atoms with Crippen molar-refractivity contribution in [3.05, 3.63) is 35.8 Å². The number of carbonyl (C=O) groups is 2. The highest BCUT2D eigenvalue weighted by Crippen LogP contribution is 2.28. The van der Waals surface area contributed by atoms with Gasteiger partial charge in [0.2, 0.25) is 0 Å². The molecule has 2 rings (SSSR count). The van der Waals surface area contributed by atoms with Crippen molar-refractivity contribution >= 4 is 11.9 Å². The van der Waals surface area contributed by atoms with E-state index in [0.29, 0.717) is 12.6 Å². The molecule has 146 valence electrons. The van der Waals surface area contributed by atoms with Crippen LogP contribution in [0.15, 0.2) is 24.5 Å². The van der Waals surface area contributed by atoms with Gasteiger partial charge >= 0.3 is 12.1 Å². The second-order valence-electron chi connectivity index (χ2n) is 6.33. The Morgan fingerprint density at radius 3 is 2.52 bits per heavy atom. The van der Waals surface area contributed by atoms with E-state index >= 15 is 0 Å². The Labute approximate surface area is 152 Å². The molecule has 11 heteroatoms. The van der Waals surface area contributed by atoms with E-state index in [2.05, 4.69) is 20.6 Å². The van der Waals surface area contributed by atoms with Crippen LogP contribution in [0, 0.1) is 11.8 Å². The molecule has 0 aromatic carbocycles. The zero-order chi connectivity index (χ0) is 20.2. The van der Waals surface area contributed by atoms with Gasteiger partial charge in [-0.25, -0.2) is 9.67 Å². The van der Waals surface area contributed by atoms with Crippen LogP contribution in [-0.2, 0) is 11.0 Å². The van der Waals surface area contributed by atoms with Gasteiger partial charge in [-0.05, 0) is 24.5 Å². The summed E-state index contributed by atoms with van der Waals surface area (Å²) in [7, 11) is 0. The molecule has 0 bridgehead atoms. The Kier molecular flexibility index (Phi) is 6.13. The number of aliphatic carboxylic acids is 1. The molecule has 0 aliphatic heterocycles. The highest BCUT2D eigenvalue weighted by Gasteiger charge is 2.30. The lowest BCUT2D eigenvalue weighted by atomic mass is 9.97. The highest BCUT2D eigenvalue weighted by atomic mass is 19.4. The summed E-state index contributed by atoms with van der Waals surface area (Å²) in [6.07, 6.45) is -2.25. The van der Waals surface area contributed by atoms with Crippen molar-refractivity contribution in [2.24, 2.45) is 11.8 Å². The highest BCUT2D eigenvalue weighted by molar-refractivity contribution is 5.92. The van der Waals surface area contributed by atoms with E-state index in [1.807, 2.05) is 13.8 Å². The lowest BCUT2D eigenvalue weighted by Crippen LogP contribution is -2.33. The van der Waals surface area contributed by atoms with Crippen LogP contribution in [0.4, 0.5) is 13.2 Å². The number of alkyl halides is 3. The summed E-state index contributed by atoms with van der Waals surface area (Å²) >= 11 is 0. The van der Waals surface area contributed by atoms with Gasteiger partial charge in [0, 0.05) is 12.7 Å². The van der Waals surface area contributed by atoms with Gasteiger partial charge in [0.25, 0.3) is 5.91 Å². The zero-order valence-electron chi connectivity index (χ0n) is 14.6. The molecule has 0 saturated heterocycles. The van der Waals surface area contributed by atoms with Crippen molar-refractivity contribution in [3.63, 3.8) is 0 Å². The molecule has 27 heavy (non-hydrogen) atoms. The molecule has 0 radical (unpaired) electrons. The van der Waals surface area contributed by atoms with Crippen LogP contribution in [0.2, 0.25) is 0 Å². The first kappa shape index (κ1) is 20.3. The van der Waals surface area contributed by atoms with E-state index in [4.69, 9.17) is 5.11 Å². The predicted molar refractivity (Wildman–Crippen MR) is 87.1 cm³/mol. The molecular weight excluding hydrogens is 367 g/mol. The Morgan fingerprint density at radius 1 is 1.30 bits per heavy atom. The first-order valence-corrected chi connectivity index (χ1v) is 8.05. The van der Waals surface area contributed by atoms with Crippen LogP contribution in [0.3, 0.4) is 0 Å². The molecule has 8 nitrogen and oxygen atoms in total. The molecule has 1 atom stereocenters. The van der Waals surface area contributed by atoms with E-state index in [-0.39, 0.29) is 24.0 Å². The number of amides is 1. The standard InChI is InChI=1S/C16H18F3N5O3/c1-9(2)5-10(15(26)27)6-21-14(25)12-8-24(23-22-12)13-4-3-11(7-20-13)16(17,18)19/h3-4,7-10H,5-6H2,1-2H3,(H,21,25)(H,26,27). The van der Waals surface area contributed by atoms with Crippen LogP contribution in [0.1, 0.15) is 36.3 Å². The minimum Gasteiger partial charge on any atom is -0.481 e. The normalized spacial score (nSPS) is 12.8. The molecular formula is C16H18F3N5O3.